The van der Waals surface area contributed by atoms with Crippen LogP contribution in [0.2, 0.25) is 0 Å². The first-order chi connectivity index (χ1) is 19.8. The van der Waals surface area contributed by atoms with Crippen molar-refractivity contribution in [1.82, 2.24) is 0 Å². The predicted octanol–water partition coefficient (Wildman–Crippen LogP) is 5.25. The van der Waals surface area contributed by atoms with E-state index in [1.54, 1.807) is 62.4 Å². The third-order valence-electron chi connectivity index (χ3n) is 6.61. The van der Waals surface area contributed by atoms with Crippen molar-refractivity contribution >= 4 is 17.9 Å². The summed E-state index contributed by atoms with van der Waals surface area (Å²) in [7, 11) is 0. The van der Waals surface area contributed by atoms with Gasteiger partial charge in [-0.15, -0.1) is 0 Å². The van der Waals surface area contributed by atoms with E-state index in [4.69, 9.17) is 28.4 Å². The lowest BCUT2D eigenvalue weighted by Crippen LogP contribution is -2.33. The zero-order chi connectivity index (χ0) is 29.1. The average molecular weight is 557 g/mol. The maximum absolute atomic E-state index is 13.1. The van der Waals surface area contributed by atoms with Gasteiger partial charge in [0.1, 0.15) is 36.2 Å². The first-order valence-electron chi connectivity index (χ1n) is 13.0. The van der Waals surface area contributed by atoms with E-state index in [2.05, 4.69) is 13.2 Å². The van der Waals surface area contributed by atoms with Crippen LogP contribution in [-0.4, -0.2) is 44.3 Å². The molecule has 210 valence electrons. The molecule has 0 bridgehead atoms. The van der Waals surface area contributed by atoms with Crippen molar-refractivity contribution in [3.63, 3.8) is 0 Å². The largest absolute Gasteiger partial charge is 0.489 e. The first-order valence-corrected chi connectivity index (χ1v) is 13.0. The summed E-state index contributed by atoms with van der Waals surface area (Å²) < 4.78 is 34.0. The summed E-state index contributed by atoms with van der Waals surface area (Å²) in [6.07, 6.45) is 0. The molecule has 0 amide bonds. The van der Waals surface area contributed by atoms with Gasteiger partial charge < -0.3 is 28.4 Å². The van der Waals surface area contributed by atoms with Crippen molar-refractivity contribution in [2.45, 2.75) is 19.4 Å². The lowest BCUT2D eigenvalue weighted by Gasteiger charge is -2.36. The Morgan fingerprint density at radius 2 is 1.27 bits per heavy atom. The van der Waals surface area contributed by atoms with Gasteiger partial charge in [-0.2, -0.15) is 0 Å². The molecule has 9 nitrogen and oxygen atoms in total. The van der Waals surface area contributed by atoms with Gasteiger partial charge in [0.15, 0.2) is 5.60 Å². The third-order valence-corrected chi connectivity index (χ3v) is 6.61. The molecule has 0 unspecified atom stereocenters. The molecule has 3 aromatic rings. The first kappa shape index (κ1) is 27.5. The molecule has 2 aliphatic rings. The second-order valence-electron chi connectivity index (χ2n) is 9.26. The minimum atomic E-state index is -1.28. The van der Waals surface area contributed by atoms with E-state index in [0.717, 1.165) is 0 Å². The normalized spacial score (nSPS) is 13.6. The highest BCUT2D eigenvalue weighted by Crippen LogP contribution is 2.57. The van der Waals surface area contributed by atoms with E-state index in [0.29, 0.717) is 45.3 Å². The molecule has 0 saturated heterocycles. The second-order valence-corrected chi connectivity index (χ2v) is 9.26. The highest BCUT2D eigenvalue weighted by atomic mass is 16.6. The molecule has 3 aromatic carbocycles. The number of carbonyl (C=O) groups excluding carboxylic acids is 3. The van der Waals surface area contributed by atoms with Gasteiger partial charge in [0.25, 0.3) is 0 Å². The summed E-state index contributed by atoms with van der Waals surface area (Å²) >= 11 is 0. The Labute approximate surface area is 236 Å². The molecule has 0 fully saturated rings. The van der Waals surface area contributed by atoms with Crippen LogP contribution in [0.5, 0.6) is 23.0 Å². The third kappa shape index (κ3) is 5.02. The number of fused-ring (bicyclic) bond motifs is 6. The zero-order valence-corrected chi connectivity index (χ0v) is 22.7. The minimum absolute atomic E-state index is 0.0838. The number of benzene rings is 3. The van der Waals surface area contributed by atoms with Crippen molar-refractivity contribution in [2.24, 2.45) is 0 Å². The number of hydrogen-bond acceptors (Lipinski definition) is 9. The van der Waals surface area contributed by atoms with Gasteiger partial charge in [-0.3, -0.25) is 0 Å². The summed E-state index contributed by atoms with van der Waals surface area (Å²) in [5.74, 6) is 0.0387. The van der Waals surface area contributed by atoms with Crippen molar-refractivity contribution in [2.75, 3.05) is 26.4 Å². The van der Waals surface area contributed by atoms with E-state index < -0.39 is 23.5 Å². The number of hydrogen-bond donors (Lipinski definition) is 0. The summed E-state index contributed by atoms with van der Waals surface area (Å²) in [6, 6.07) is 17.5. The molecular formula is C32H28O9. The SMILES string of the molecule is C=C(COc1ccc2c(c1)Oc1cc(OCC(=C)C(=O)OCC)ccc1C21OC(=O)c2ccccc21)C(=O)OCC. The van der Waals surface area contributed by atoms with Crippen LogP contribution in [0.1, 0.15) is 40.9 Å². The van der Waals surface area contributed by atoms with Gasteiger partial charge in [-0.05, 0) is 44.2 Å². The molecule has 2 heterocycles. The predicted molar refractivity (Wildman–Crippen MR) is 147 cm³/mol. The number of ether oxygens (including phenoxy) is 6. The smallest absolute Gasteiger partial charge is 0.340 e. The highest BCUT2D eigenvalue weighted by Gasteiger charge is 2.53. The molecule has 0 radical (unpaired) electrons. The van der Waals surface area contributed by atoms with Crippen LogP contribution < -0.4 is 14.2 Å². The van der Waals surface area contributed by atoms with Gasteiger partial charge >= 0.3 is 17.9 Å². The fraction of sp³-hybridized carbons (Fsp3) is 0.219. The summed E-state index contributed by atoms with van der Waals surface area (Å²) in [6.45, 7) is 11.2. The number of esters is 3. The molecule has 0 atom stereocenters. The van der Waals surface area contributed by atoms with Gasteiger partial charge in [0, 0.05) is 28.8 Å². The van der Waals surface area contributed by atoms with Crippen LogP contribution in [-0.2, 0) is 29.4 Å². The number of carbonyl (C=O) groups is 3. The molecule has 9 heteroatoms. The fourth-order valence-corrected chi connectivity index (χ4v) is 4.74. The Morgan fingerprint density at radius 1 is 0.756 bits per heavy atom. The van der Waals surface area contributed by atoms with Crippen LogP contribution in [0, 0.1) is 0 Å². The summed E-state index contributed by atoms with van der Waals surface area (Å²) in [5, 5.41) is 0. The minimum Gasteiger partial charge on any atom is -0.489 e. The fourth-order valence-electron chi connectivity index (χ4n) is 4.74. The Balaban J connectivity index is 1.51. The van der Waals surface area contributed by atoms with Crippen LogP contribution in [0.3, 0.4) is 0 Å². The van der Waals surface area contributed by atoms with Crippen molar-refractivity contribution in [1.29, 1.82) is 0 Å². The standard InChI is InChI=1S/C32H28O9/c1-5-36-29(33)19(3)17-38-21-11-13-25-27(15-21)40-28-16-22(39-18-20(4)30(34)37-6-2)12-14-26(28)32(25)24-10-8-7-9-23(24)31(35)41-32/h7-16H,3-6,17-18H2,1-2H3. The van der Waals surface area contributed by atoms with Crippen LogP contribution in [0.4, 0.5) is 0 Å². The van der Waals surface area contributed by atoms with Gasteiger partial charge in [0.05, 0.1) is 29.9 Å². The van der Waals surface area contributed by atoms with E-state index in [1.807, 2.05) is 12.1 Å². The number of rotatable bonds is 10. The maximum Gasteiger partial charge on any atom is 0.340 e. The average Bonchev–Trinajstić information content (AvgIpc) is 3.27. The van der Waals surface area contributed by atoms with Crippen LogP contribution in [0.15, 0.2) is 85.0 Å². The molecule has 0 aliphatic carbocycles. The van der Waals surface area contributed by atoms with Crippen molar-refractivity contribution in [3.8, 4) is 23.0 Å². The highest BCUT2D eigenvalue weighted by molar-refractivity contribution is 5.97. The second kappa shape index (κ2) is 11.2. The molecule has 1 spiro atoms. The summed E-state index contributed by atoms with van der Waals surface area (Å²) in [5.41, 5.74) is 1.37. The van der Waals surface area contributed by atoms with E-state index in [9.17, 15) is 14.4 Å². The van der Waals surface area contributed by atoms with E-state index in [1.165, 1.54) is 0 Å². The Morgan fingerprint density at radius 3 is 1.78 bits per heavy atom. The van der Waals surface area contributed by atoms with Crippen molar-refractivity contribution in [3.05, 3.63) is 107 Å². The van der Waals surface area contributed by atoms with Gasteiger partial charge in [-0.25, -0.2) is 14.4 Å². The molecule has 0 saturated carbocycles. The van der Waals surface area contributed by atoms with Crippen LogP contribution in [0.25, 0.3) is 0 Å². The molecule has 0 N–H and O–H groups in total. The Kier molecular flexibility index (Phi) is 7.52. The molecule has 41 heavy (non-hydrogen) atoms. The van der Waals surface area contributed by atoms with Crippen LogP contribution >= 0.6 is 0 Å². The molecule has 2 aliphatic heterocycles. The topological polar surface area (TPSA) is 107 Å². The van der Waals surface area contributed by atoms with E-state index >= 15 is 0 Å². The van der Waals surface area contributed by atoms with Gasteiger partial charge in [0.2, 0.25) is 0 Å². The molecule has 0 aromatic heterocycles. The Hall–Kier alpha value is -5.05. The molecular weight excluding hydrogens is 528 g/mol. The lowest BCUT2D eigenvalue weighted by atomic mass is 9.77. The quantitative estimate of drug-likeness (QED) is 0.188. The lowest BCUT2D eigenvalue weighted by molar-refractivity contribution is -0.139. The zero-order valence-electron chi connectivity index (χ0n) is 22.7. The molecule has 5 rings (SSSR count). The Bertz CT molecular complexity index is 1490. The van der Waals surface area contributed by atoms with E-state index in [-0.39, 0.29) is 37.6 Å². The van der Waals surface area contributed by atoms with Gasteiger partial charge in [-0.1, -0.05) is 31.4 Å². The monoisotopic (exact) mass is 556 g/mol. The summed E-state index contributed by atoms with van der Waals surface area (Å²) in [4.78, 5) is 36.9. The van der Waals surface area contributed by atoms with Crippen molar-refractivity contribution < 1.29 is 42.8 Å². The maximum atomic E-state index is 13.1.